The molecular weight excluding hydrogens is 258 g/mol. The van der Waals surface area contributed by atoms with Crippen molar-refractivity contribution in [1.29, 1.82) is 0 Å². The van der Waals surface area contributed by atoms with Gasteiger partial charge in [-0.05, 0) is 26.3 Å². The second kappa shape index (κ2) is 9.85. The van der Waals surface area contributed by atoms with E-state index in [0.29, 0.717) is 31.3 Å². The lowest BCUT2D eigenvalue weighted by Gasteiger charge is -2.15. The molecule has 0 spiro atoms. The van der Waals surface area contributed by atoms with Crippen molar-refractivity contribution in [3.05, 3.63) is 11.7 Å². The van der Waals surface area contributed by atoms with Crippen molar-refractivity contribution in [2.75, 3.05) is 26.9 Å². The first kappa shape index (κ1) is 17.1. The third kappa shape index (κ3) is 5.56. The van der Waals surface area contributed by atoms with Crippen LogP contribution in [0.25, 0.3) is 0 Å². The van der Waals surface area contributed by atoms with E-state index in [2.05, 4.69) is 22.4 Å². The molecule has 1 N–H and O–H groups in total. The number of nitrogens with one attached hydrogen (secondary N) is 1. The van der Waals surface area contributed by atoms with Crippen molar-refractivity contribution in [3.63, 3.8) is 0 Å². The van der Waals surface area contributed by atoms with Crippen molar-refractivity contribution >= 4 is 0 Å². The van der Waals surface area contributed by atoms with Gasteiger partial charge >= 0.3 is 0 Å². The Morgan fingerprint density at radius 1 is 1.30 bits per heavy atom. The van der Waals surface area contributed by atoms with E-state index in [4.69, 9.17) is 14.0 Å². The van der Waals surface area contributed by atoms with Gasteiger partial charge in [0.2, 0.25) is 11.7 Å². The zero-order chi connectivity index (χ0) is 14.8. The van der Waals surface area contributed by atoms with E-state index in [1.54, 1.807) is 7.11 Å². The Hall–Kier alpha value is -0.980. The number of methoxy groups -OCH3 is 1. The maximum Gasteiger partial charge on any atom is 0.228 e. The summed E-state index contributed by atoms with van der Waals surface area (Å²) in [5.74, 6) is 1.26. The summed E-state index contributed by atoms with van der Waals surface area (Å²) in [6, 6.07) is 0.195. The van der Waals surface area contributed by atoms with Crippen LogP contribution in [0.3, 0.4) is 0 Å². The van der Waals surface area contributed by atoms with Crippen LogP contribution in [-0.4, -0.2) is 43.1 Å². The van der Waals surface area contributed by atoms with Crippen LogP contribution in [0.1, 0.15) is 51.4 Å². The zero-order valence-corrected chi connectivity index (χ0v) is 13.0. The molecule has 1 heterocycles. The maximum atomic E-state index is 5.58. The number of aromatic nitrogens is 2. The summed E-state index contributed by atoms with van der Waals surface area (Å²) in [4.78, 5) is 4.43. The van der Waals surface area contributed by atoms with Gasteiger partial charge in [-0.25, -0.2) is 0 Å². The van der Waals surface area contributed by atoms with Crippen molar-refractivity contribution < 1.29 is 14.0 Å². The van der Waals surface area contributed by atoms with Gasteiger partial charge in [-0.1, -0.05) is 19.0 Å². The lowest BCUT2D eigenvalue weighted by atomic mass is 10.2. The lowest BCUT2D eigenvalue weighted by molar-refractivity contribution is 0.0518. The zero-order valence-electron chi connectivity index (χ0n) is 13.0. The minimum absolute atomic E-state index is 0.0815. The average Bonchev–Trinajstić information content (AvgIpc) is 2.90. The fourth-order valence-electron chi connectivity index (χ4n) is 2.01. The van der Waals surface area contributed by atoms with Gasteiger partial charge in [0, 0.05) is 26.2 Å². The SMILES string of the molecule is CCCNC(COC)Cc1nc(C(CC)OCC)no1. The first-order chi connectivity index (χ1) is 9.74. The van der Waals surface area contributed by atoms with Crippen molar-refractivity contribution in [1.82, 2.24) is 15.5 Å². The molecule has 1 aromatic heterocycles. The highest BCUT2D eigenvalue weighted by molar-refractivity contribution is 4.93. The van der Waals surface area contributed by atoms with Crippen LogP contribution in [0.15, 0.2) is 4.52 Å². The molecule has 116 valence electrons. The van der Waals surface area contributed by atoms with E-state index >= 15 is 0 Å². The normalized spacial score (nSPS) is 14.4. The predicted octanol–water partition coefficient (Wildman–Crippen LogP) is 2.11. The molecule has 20 heavy (non-hydrogen) atoms. The smallest absolute Gasteiger partial charge is 0.228 e. The molecule has 0 amide bonds. The summed E-state index contributed by atoms with van der Waals surface area (Å²) in [6.45, 7) is 8.37. The van der Waals surface area contributed by atoms with E-state index in [9.17, 15) is 0 Å². The summed E-state index contributed by atoms with van der Waals surface area (Å²) in [5.41, 5.74) is 0. The standard InChI is InChI=1S/C14H27N3O3/c1-5-8-15-11(10-18-4)9-13-16-14(17-20-13)12(6-2)19-7-3/h11-12,15H,5-10H2,1-4H3. The molecule has 1 aromatic rings. The van der Waals surface area contributed by atoms with Gasteiger partial charge < -0.3 is 19.3 Å². The predicted molar refractivity (Wildman–Crippen MR) is 76.6 cm³/mol. The molecule has 1 rings (SSSR count). The minimum Gasteiger partial charge on any atom is -0.383 e. The fraction of sp³-hybridized carbons (Fsp3) is 0.857. The summed E-state index contributed by atoms with van der Waals surface area (Å²) < 4.78 is 16.1. The Bertz CT molecular complexity index is 357. The molecule has 0 aliphatic carbocycles. The van der Waals surface area contributed by atoms with Crippen LogP contribution >= 0.6 is 0 Å². The van der Waals surface area contributed by atoms with E-state index in [1.807, 2.05) is 13.8 Å². The minimum atomic E-state index is -0.0815. The third-order valence-electron chi connectivity index (χ3n) is 2.98. The van der Waals surface area contributed by atoms with Crippen LogP contribution < -0.4 is 5.32 Å². The summed E-state index contributed by atoms with van der Waals surface area (Å²) in [7, 11) is 1.70. The first-order valence-corrected chi connectivity index (χ1v) is 7.41. The topological polar surface area (TPSA) is 69.4 Å². The van der Waals surface area contributed by atoms with Gasteiger partial charge in [0.25, 0.3) is 0 Å². The second-order valence-electron chi connectivity index (χ2n) is 4.71. The molecule has 2 unspecified atom stereocenters. The van der Waals surface area contributed by atoms with Crippen LogP contribution in [0.4, 0.5) is 0 Å². The number of nitrogens with zero attached hydrogens (tertiary/aromatic N) is 2. The molecule has 2 atom stereocenters. The molecule has 0 bridgehead atoms. The van der Waals surface area contributed by atoms with Crippen LogP contribution in [0.2, 0.25) is 0 Å². The van der Waals surface area contributed by atoms with E-state index < -0.39 is 0 Å². The van der Waals surface area contributed by atoms with Gasteiger partial charge in [0.1, 0.15) is 6.10 Å². The molecular formula is C14H27N3O3. The van der Waals surface area contributed by atoms with Crippen LogP contribution in [0, 0.1) is 0 Å². The van der Waals surface area contributed by atoms with Crippen molar-refractivity contribution in [2.45, 2.75) is 52.2 Å². The highest BCUT2D eigenvalue weighted by Crippen LogP contribution is 2.18. The third-order valence-corrected chi connectivity index (χ3v) is 2.98. The molecule has 0 aliphatic heterocycles. The Morgan fingerprint density at radius 3 is 2.70 bits per heavy atom. The largest absolute Gasteiger partial charge is 0.383 e. The highest BCUT2D eigenvalue weighted by Gasteiger charge is 2.19. The lowest BCUT2D eigenvalue weighted by Crippen LogP contribution is -2.35. The van der Waals surface area contributed by atoms with Gasteiger partial charge in [-0.15, -0.1) is 0 Å². The van der Waals surface area contributed by atoms with Crippen molar-refractivity contribution in [2.24, 2.45) is 0 Å². The van der Waals surface area contributed by atoms with E-state index in [0.717, 1.165) is 19.4 Å². The number of hydrogen-bond donors (Lipinski definition) is 1. The summed E-state index contributed by atoms with van der Waals surface area (Å²) in [5, 5.41) is 7.43. The molecule has 0 aliphatic rings. The highest BCUT2D eigenvalue weighted by atomic mass is 16.5. The van der Waals surface area contributed by atoms with Crippen LogP contribution in [0.5, 0.6) is 0 Å². The molecule has 6 nitrogen and oxygen atoms in total. The van der Waals surface area contributed by atoms with Gasteiger partial charge in [0.05, 0.1) is 6.61 Å². The van der Waals surface area contributed by atoms with Gasteiger partial charge in [-0.3, -0.25) is 0 Å². The fourth-order valence-corrected chi connectivity index (χ4v) is 2.01. The molecule has 0 saturated heterocycles. The van der Waals surface area contributed by atoms with E-state index in [-0.39, 0.29) is 12.1 Å². The monoisotopic (exact) mass is 285 g/mol. The maximum absolute atomic E-state index is 5.58. The molecule has 0 saturated carbocycles. The van der Waals surface area contributed by atoms with E-state index in [1.165, 1.54) is 0 Å². The Kier molecular flexibility index (Phi) is 8.41. The Balaban J connectivity index is 2.59. The second-order valence-corrected chi connectivity index (χ2v) is 4.71. The summed E-state index contributed by atoms with van der Waals surface area (Å²) in [6.07, 6.45) is 2.51. The molecule has 0 radical (unpaired) electrons. The van der Waals surface area contributed by atoms with Crippen LogP contribution in [-0.2, 0) is 15.9 Å². The number of ether oxygens (including phenoxy) is 2. The number of rotatable bonds is 11. The Labute approximate surface area is 121 Å². The quantitative estimate of drug-likeness (QED) is 0.671. The van der Waals surface area contributed by atoms with Crippen molar-refractivity contribution in [3.8, 4) is 0 Å². The average molecular weight is 285 g/mol. The molecule has 0 aromatic carbocycles. The Morgan fingerprint density at radius 2 is 2.10 bits per heavy atom. The first-order valence-electron chi connectivity index (χ1n) is 7.41. The van der Waals surface area contributed by atoms with Gasteiger partial charge in [-0.2, -0.15) is 4.98 Å². The number of hydrogen-bond acceptors (Lipinski definition) is 6. The molecule has 0 fully saturated rings. The molecule has 6 heteroatoms. The summed E-state index contributed by atoms with van der Waals surface area (Å²) >= 11 is 0. The van der Waals surface area contributed by atoms with Gasteiger partial charge in [0.15, 0.2) is 0 Å².